The van der Waals surface area contributed by atoms with E-state index in [1.54, 1.807) is 34.6 Å². The Morgan fingerprint density at radius 2 is 2.33 bits per heavy atom. The largest absolute Gasteiger partial charge is 0.478 e. The number of hydrogen-bond acceptors (Lipinski definition) is 4. The zero-order chi connectivity index (χ0) is 13.1. The van der Waals surface area contributed by atoms with Crippen LogP contribution in [0.1, 0.15) is 29.7 Å². The fourth-order valence-corrected chi connectivity index (χ4v) is 2.74. The smallest absolute Gasteiger partial charge is 0.337 e. The summed E-state index contributed by atoms with van der Waals surface area (Å²) < 4.78 is 1.75. The van der Waals surface area contributed by atoms with Crippen molar-refractivity contribution in [1.82, 2.24) is 15.0 Å². The summed E-state index contributed by atoms with van der Waals surface area (Å²) in [5, 5.41) is 17.4. The van der Waals surface area contributed by atoms with Crippen molar-refractivity contribution in [2.24, 2.45) is 0 Å². The van der Waals surface area contributed by atoms with Crippen LogP contribution in [0, 0.1) is 0 Å². The SMILES string of the molecule is CCC(CSC)n1nnc2cccc(C(=O)O)c21. The average Bonchev–Trinajstić information content (AvgIpc) is 2.79. The van der Waals surface area contributed by atoms with Crippen LogP contribution in [0.3, 0.4) is 0 Å². The van der Waals surface area contributed by atoms with E-state index in [0.717, 1.165) is 12.2 Å². The Kier molecular flexibility index (Phi) is 3.86. The molecule has 0 aliphatic rings. The van der Waals surface area contributed by atoms with Crippen LogP contribution in [0.4, 0.5) is 0 Å². The first-order valence-corrected chi connectivity index (χ1v) is 7.14. The summed E-state index contributed by atoms with van der Waals surface area (Å²) in [7, 11) is 0. The molecule has 18 heavy (non-hydrogen) atoms. The molecule has 0 spiro atoms. The molecule has 6 heteroatoms. The van der Waals surface area contributed by atoms with Gasteiger partial charge in [0.05, 0.1) is 11.6 Å². The predicted molar refractivity (Wildman–Crippen MR) is 72.2 cm³/mol. The molecule has 0 amide bonds. The topological polar surface area (TPSA) is 68.0 Å². The molecule has 0 bridgehead atoms. The highest BCUT2D eigenvalue weighted by Gasteiger charge is 2.19. The number of carboxylic acids is 1. The third-order valence-corrected chi connectivity index (χ3v) is 3.62. The molecule has 0 fully saturated rings. The number of aromatic carboxylic acids is 1. The van der Waals surface area contributed by atoms with Gasteiger partial charge >= 0.3 is 5.97 Å². The number of hydrogen-bond donors (Lipinski definition) is 1. The highest BCUT2D eigenvalue weighted by atomic mass is 32.2. The lowest BCUT2D eigenvalue weighted by atomic mass is 10.1. The first kappa shape index (κ1) is 12.9. The number of carboxylic acid groups (broad SMARTS) is 1. The summed E-state index contributed by atoms with van der Waals surface area (Å²) in [6.45, 7) is 2.07. The van der Waals surface area contributed by atoms with Crippen LogP contribution in [0.25, 0.3) is 11.0 Å². The van der Waals surface area contributed by atoms with Crippen molar-refractivity contribution in [3.05, 3.63) is 23.8 Å². The van der Waals surface area contributed by atoms with Gasteiger partial charge in [0.1, 0.15) is 11.0 Å². The molecule has 1 aromatic carbocycles. The summed E-state index contributed by atoms with van der Waals surface area (Å²) in [6.07, 6.45) is 2.92. The standard InChI is InChI=1S/C12H15N3O2S/c1-3-8(7-18-2)15-11-9(12(16)17)5-4-6-10(11)13-14-15/h4-6,8H,3,7H2,1-2H3,(H,16,17). The zero-order valence-corrected chi connectivity index (χ0v) is 11.1. The fraction of sp³-hybridized carbons (Fsp3) is 0.417. The first-order chi connectivity index (χ1) is 8.69. The maximum atomic E-state index is 11.3. The fourth-order valence-electron chi connectivity index (χ4n) is 1.98. The van der Waals surface area contributed by atoms with E-state index >= 15 is 0 Å². The monoisotopic (exact) mass is 265 g/mol. The number of fused-ring (bicyclic) bond motifs is 1. The first-order valence-electron chi connectivity index (χ1n) is 5.75. The Morgan fingerprint density at radius 3 is 2.94 bits per heavy atom. The minimum Gasteiger partial charge on any atom is -0.478 e. The van der Waals surface area contributed by atoms with E-state index in [2.05, 4.69) is 17.2 Å². The summed E-state index contributed by atoms with van der Waals surface area (Å²) in [5.41, 5.74) is 1.51. The lowest BCUT2D eigenvalue weighted by Gasteiger charge is -2.15. The van der Waals surface area contributed by atoms with Crippen LogP contribution in [-0.4, -0.2) is 38.1 Å². The van der Waals surface area contributed by atoms with Gasteiger partial charge in [0.15, 0.2) is 0 Å². The number of rotatable bonds is 5. The van der Waals surface area contributed by atoms with Gasteiger partial charge in [-0.1, -0.05) is 18.2 Å². The van der Waals surface area contributed by atoms with Crippen molar-refractivity contribution in [3.8, 4) is 0 Å². The maximum absolute atomic E-state index is 11.3. The minimum absolute atomic E-state index is 0.172. The van der Waals surface area contributed by atoms with E-state index in [-0.39, 0.29) is 11.6 Å². The van der Waals surface area contributed by atoms with Crippen LogP contribution in [0.2, 0.25) is 0 Å². The second kappa shape index (κ2) is 5.39. The van der Waals surface area contributed by atoms with Gasteiger partial charge in [-0.2, -0.15) is 11.8 Å². The number of para-hydroxylation sites is 1. The van der Waals surface area contributed by atoms with Crippen LogP contribution in [0.15, 0.2) is 18.2 Å². The van der Waals surface area contributed by atoms with E-state index in [1.807, 2.05) is 6.26 Å². The average molecular weight is 265 g/mol. The predicted octanol–water partition coefficient (Wildman–Crippen LogP) is 2.44. The molecule has 1 heterocycles. The molecule has 2 aromatic rings. The molecular weight excluding hydrogens is 250 g/mol. The van der Waals surface area contributed by atoms with Gasteiger partial charge in [-0.05, 0) is 24.8 Å². The van der Waals surface area contributed by atoms with Gasteiger partial charge in [-0.3, -0.25) is 0 Å². The van der Waals surface area contributed by atoms with E-state index in [4.69, 9.17) is 0 Å². The quantitative estimate of drug-likeness (QED) is 0.899. The summed E-state index contributed by atoms with van der Waals surface area (Å²) in [5.74, 6) is -0.0497. The van der Waals surface area contributed by atoms with Crippen LogP contribution in [0.5, 0.6) is 0 Å². The lowest BCUT2D eigenvalue weighted by molar-refractivity contribution is 0.0698. The Labute approximate surface area is 109 Å². The van der Waals surface area contributed by atoms with Gasteiger partial charge in [-0.25, -0.2) is 9.48 Å². The number of aromatic nitrogens is 3. The molecule has 1 aromatic heterocycles. The van der Waals surface area contributed by atoms with Crippen molar-refractivity contribution in [2.75, 3.05) is 12.0 Å². The highest BCUT2D eigenvalue weighted by Crippen LogP contribution is 2.23. The van der Waals surface area contributed by atoms with Gasteiger partial charge in [-0.15, -0.1) is 5.10 Å². The number of thioether (sulfide) groups is 1. The second-order valence-electron chi connectivity index (χ2n) is 4.03. The molecule has 0 saturated carbocycles. The number of nitrogens with zero attached hydrogens (tertiary/aromatic N) is 3. The summed E-state index contributed by atoms with van der Waals surface area (Å²) in [6, 6.07) is 5.25. The molecule has 1 unspecified atom stereocenters. The number of carbonyl (C=O) groups is 1. The van der Waals surface area contributed by atoms with Crippen molar-refractivity contribution in [3.63, 3.8) is 0 Å². The van der Waals surface area contributed by atoms with Gasteiger partial charge < -0.3 is 5.11 Å². The molecule has 1 N–H and O–H groups in total. The van der Waals surface area contributed by atoms with E-state index in [1.165, 1.54) is 0 Å². The van der Waals surface area contributed by atoms with Crippen molar-refractivity contribution >= 4 is 28.8 Å². The zero-order valence-electron chi connectivity index (χ0n) is 10.3. The molecule has 1 atom stereocenters. The van der Waals surface area contributed by atoms with Crippen LogP contribution < -0.4 is 0 Å². The Bertz CT molecular complexity index is 567. The Balaban J connectivity index is 2.60. The third kappa shape index (κ3) is 2.20. The van der Waals surface area contributed by atoms with Crippen LogP contribution >= 0.6 is 11.8 Å². The van der Waals surface area contributed by atoms with Gasteiger partial charge in [0.2, 0.25) is 0 Å². The van der Waals surface area contributed by atoms with E-state index < -0.39 is 5.97 Å². The normalized spacial score (nSPS) is 12.8. The van der Waals surface area contributed by atoms with Crippen molar-refractivity contribution in [2.45, 2.75) is 19.4 Å². The second-order valence-corrected chi connectivity index (χ2v) is 4.94. The van der Waals surface area contributed by atoms with E-state index in [0.29, 0.717) is 11.0 Å². The molecule has 0 saturated heterocycles. The summed E-state index contributed by atoms with van der Waals surface area (Å²) in [4.78, 5) is 11.3. The molecule has 5 nitrogen and oxygen atoms in total. The molecular formula is C12H15N3O2S. The summed E-state index contributed by atoms with van der Waals surface area (Å²) >= 11 is 1.72. The molecule has 0 aliphatic heterocycles. The molecule has 96 valence electrons. The third-order valence-electron chi connectivity index (χ3n) is 2.90. The van der Waals surface area contributed by atoms with Crippen molar-refractivity contribution in [1.29, 1.82) is 0 Å². The van der Waals surface area contributed by atoms with Gasteiger partial charge in [0, 0.05) is 5.75 Å². The highest BCUT2D eigenvalue weighted by molar-refractivity contribution is 7.98. The molecule has 0 radical (unpaired) electrons. The van der Waals surface area contributed by atoms with E-state index in [9.17, 15) is 9.90 Å². The Morgan fingerprint density at radius 1 is 1.56 bits per heavy atom. The van der Waals surface area contributed by atoms with Crippen molar-refractivity contribution < 1.29 is 9.90 Å². The Hall–Kier alpha value is -1.56. The maximum Gasteiger partial charge on any atom is 0.337 e. The van der Waals surface area contributed by atoms with Crippen LogP contribution in [-0.2, 0) is 0 Å². The number of benzene rings is 1. The molecule has 2 rings (SSSR count). The molecule has 0 aliphatic carbocycles. The van der Waals surface area contributed by atoms with Gasteiger partial charge in [0.25, 0.3) is 0 Å². The minimum atomic E-state index is -0.942. The lowest BCUT2D eigenvalue weighted by Crippen LogP contribution is -2.14.